The van der Waals surface area contributed by atoms with E-state index in [4.69, 9.17) is 5.73 Å². The number of hydrogen-bond acceptors (Lipinski definition) is 2. The number of aryl methyl sites for hydroxylation is 2. The summed E-state index contributed by atoms with van der Waals surface area (Å²) in [5.41, 5.74) is 9.77. The Bertz CT molecular complexity index is 753. The molecule has 0 amide bonds. The van der Waals surface area contributed by atoms with Crippen molar-refractivity contribution in [3.63, 3.8) is 0 Å². The fourth-order valence-corrected chi connectivity index (χ4v) is 3.58. The Morgan fingerprint density at radius 1 is 1.10 bits per heavy atom. The molecule has 0 aliphatic heterocycles. The number of thiophene rings is 1. The zero-order valence-electron chi connectivity index (χ0n) is 11.5. The highest BCUT2D eigenvalue weighted by molar-refractivity contribution is 7.17. The van der Waals surface area contributed by atoms with Gasteiger partial charge in [0.1, 0.15) is 5.82 Å². The second-order valence-corrected chi connectivity index (χ2v) is 6.04. The van der Waals surface area contributed by atoms with Gasteiger partial charge in [-0.3, -0.25) is 0 Å². The lowest BCUT2D eigenvalue weighted by Gasteiger charge is -2.14. The van der Waals surface area contributed by atoms with Crippen LogP contribution in [0.5, 0.6) is 0 Å². The molecule has 0 radical (unpaired) electrons. The fraction of sp³-hybridized carbons (Fsp3) is 0.176. The molecule has 1 nitrogen and oxygen atoms in total. The van der Waals surface area contributed by atoms with Crippen LogP contribution in [0, 0.1) is 19.7 Å². The Kier molecular flexibility index (Phi) is 3.32. The SMILES string of the molecule is Cc1cc(C(N)c2csc3ccccc23)cc(C)c1F. The van der Waals surface area contributed by atoms with Gasteiger partial charge in [-0.2, -0.15) is 0 Å². The molecular formula is C17H16FNS. The molecule has 1 aromatic heterocycles. The molecule has 0 fully saturated rings. The molecule has 1 heterocycles. The standard InChI is InChI=1S/C17H16FNS/c1-10-7-12(8-11(2)16(10)18)17(19)14-9-20-15-6-4-3-5-13(14)15/h3-9,17H,19H2,1-2H3. The van der Waals surface area contributed by atoms with Crippen molar-refractivity contribution in [2.45, 2.75) is 19.9 Å². The lowest BCUT2D eigenvalue weighted by atomic mass is 9.96. The van der Waals surface area contributed by atoms with Gasteiger partial charge in [-0.05, 0) is 52.9 Å². The normalized spacial score (nSPS) is 12.8. The van der Waals surface area contributed by atoms with Gasteiger partial charge in [0.05, 0.1) is 6.04 Å². The Labute approximate surface area is 121 Å². The van der Waals surface area contributed by atoms with Crippen molar-refractivity contribution in [1.29, 1.82) is 0 Å². The van der Waals surface area contributed by atoms with Gasteiger partial charge in [0.25, 0.3) is 0 Å². The summed E-state index contributed by atoms with van der Waals surface area (Å²) in [6.45, 7) is 3.56. The largest absolute Gasteiger partial charge is 0.320 e. The predicted octanol–water partition coefficient (Wildman–Crippen LogP) is 4.71. The number of hydrogen-bond donors (Lipinski definition) is 1. The summed E-state index contributed by atoms with van der Waals surface area (Å²) in [5, 5.41) is 3.29. The molecule has 0 spiro atoms. The van der Waals surface area contributed by atoms with Crippen LogP contribution in [0.3, 0.4) is 0 Å². The van der Waals surface area contributed by atoms with Crippen molar-refractivity contribution in [3.8, 4) is 0 Å². The van der Waals surface area contributed by atoms with E-state index in [2.05, 4.69) is 17.5 Å². The smallest absolute Gasteiger partial charge is 0.129 e. The zero-order chi connectivity index (χ0) is 14.3. The van der Waals surface area contributed by atoms with Gasteiger partial charge in [0.15, 0.2) is 0 Å². The van der Waals surface area contributed by atoms with Crippen molar-refractivity contribution in [2.75, 3.05) is 0 Å². The van der Waals surface area contributed by atoms with E-state index in [1.54, 1.807) is 25.2 Å². The number of benzene rings is 2. The highest BCUT2D eigenvalue weighted by atomic mass is 32.1. The van der Waals surface area contributed by atoms with Crippen LogP contribution < -0.4 is 5.73 Å². The molecule has 3 rings (SSSR count). The average Bonchev–Trinajstić information content (AvgIpc) is 2.87. The summed E-state index contributed by atoms with van der Waals surface area (Å²) in [6.07, 6.45) is 0. The van der Waals surface area contributed by atoms with E-state index in [9.17, 15) is 4.39 Å². The highest BCUT2D eigenvalue weighted by Crippen LogP contribution is 2.33. The minimum atomic E-state index is -0.218. The van der Waals surface area contributed by atoms with Gasteiger partial charge in [-0.25, -0.2) is 4.39 Å². The molecule has 0 aliphatic carbocycles. The third kappa shape index (κ3) is 2.13. The topological polar surface area (TPSA) is 26.0 Å². The molecule has 3 heteroatoms. The summed E-state index contributed by atoms with van der Waals surface area (Å²) in [5.74, 6) is -0.142. The van der Waals surface area contributed by atoms with Crippen LogP contribution >= 0.6 is 11.3 Å². The first kappa shape index (κ1) is 13.3. The van der Waals surface area contributed by atoms with Crippen molar-refractivity contribution in [1.82, 2.24) is 0 Å². The first-order chi connectivity index (χ1) is 9.58. The van der Waals surface area contributed by atoms with Crippen LogP contribution in [0.2, 0.25) is 0 Å². The fourth-order valence-electron chi connectivity index (χ4n) is 2.58. The van der Waals surface area contributed by atoms with Crippen LogP contribution in [-0.4, -0.2) is 0 Å². The van der Waals surface area contributed by atoms with E-state index in [-0.39, 0.29) is 11.9 Å². The van der Waals surface area contributed by atoms with Crippen molar-refractivity contribution < 1.29 is 4.39 Å². The van der Waals surface area contributed by atoms with Crippen LogP contribution in [0.25, 0.3) is 10.1 Å². The second-order valence-electron chi connectivity index (χ2n) is 5.13. The highest BCUT2D eigenvalue weighted by Gasteiger charge is 2.15. The summed E-state index contributed by atoms with van der Waals surface area (Å²) >= 11 is 1.69. The van der Waals surface area contributed by atoms with E-state index >= 15 is 0 Å². The number of halogens is 1. The number of nitrogens with two attached hydrogens (primary N) is 1. The molecule has 0 aliphatic rings. The second kappa shape index (κ2) is 5.00. The van der Waals surface area contributed by atoms with Gasteiger partial charge < -0.3 is 5.73 Å². The Balaban J connectivity index is 2.11. The zero-order valence-corrected chi connectivity index (χ0v) is 12.3. The Morgan fingerprint density at radius 3 is 2.45 bits per heavy atom. The van der Waals surface area contributed by atoms with Crippen molar-refractivity contribution >= 4 is 21.4 Å². The third-order valence-corrected chi connectivity index (χ3v) is 4.65. The van der Waals surface area contributed by atoms with E-state index in [0.717, 1.165) is 11.1 Å². The molecule has 102 valence electrons. The van der Waals surface area contributed by atoms with Crippen LogP contribution in [-0.2, 0) is 0 Å². The first-order valence-electron chi connectivity index (χ1n) is 6.56. The average molecular weight is 285 g/mol. The summed E-state index contributed by atoms with van der Waals surface area (Å²) in [6, 6.07) is 11.7. The third-order valence-electron chi connectivity index (χ3n) is 3.66. The molecule has 2 N–H and O–H groups in total. The van der Waals surface area contributed by atoms with E-state index < -0.39 is 0 Å². The van der Waals surface area contributed by atoms with Gasteiger partial charge >= 0.3 is 0 Å². The van der Waals surface area contributed by atoms with E-state index in [1.807, 2.05) is 24.3 Å². The molecule has 0 bridgehead atoms. The molecular weight excluding hydrogens is 269 g/mol. The van der Waals surface area contributed by atoms with Crippen molar-refractivity contribution in [2.24, 2.45) is 5.73 Å². The molecule has 0 saturated carbocycles. The minimum Gasteiger partial charge on any atom is -0.320 e. The molecule has 1 atom stereocenters. The van der Waals surface area contributed by atoms with Gasteiger partial charge in [-0.1, -0.05) is 30.3 Å². The summed E-state index contributed by atoms with van der Waals surface area (Å²) in [4.78, 5) is 0. The number of fused-ring (bicyclic) bond motifs is 1. The molecule has 0 saturated heterocycles. The van der Waals surface area contributed by atoms with Gasteiger partial charge in [-0.15, -0.1) is 11.3 Å². The Morgan fingerprint density at radius 2 is 1.75 bits per heavy atom. The predicted molar refractivity (Wildman–Crippen MR) is 83.7 cm³/mol. The van der Waals surface area contributed by atoms with Crippen molar-refractivity contribution in [3.05, 3.63) is 69.8 Å². The summed E-state index contributed by atoms with van der Waals surface area (Å²) in [7, 11) is 0. The van der Waals surface area contributed by atoms with Crippen LogP contribution in [0.15, 0.2) is 41.8 Å². The lowest BCUT2D eigenvalue weighted by Crippen LogP contribution is -2.12. The quantitative estimate of drug-likeness (QED) is 0.725. The van der Waals surface area contributed by atoms with E-state index in [1.165, 1.54) is 10.1 Å². The lowest BCUT2D eigenvalue weighted by molar-refractivity contribution is 0.607. The maximum Gasteiger partial charge on any atom is 0.129 e. The van der Waals surface area contributed by atoms with Crippen LogP contribution in [0.4, 0.5) is 4.39 Å². The minimum absolute atomic E-state index is 0.142. The summed E-state index contributed by atoms with van der Waals surface area (Å²) < 4.78 is 15.0. The maximum atomic E-state index is 13.7. The Hall–Kier alpha value is -1.71. The van der Waals surface area contributed by atoms with Gasteiger partial charge in [0, 0.05) is 4.70 Å². The molecule has 2 aromatic carbocycles. The van der Waals surface area contributed by atoms with Gasteiger partial charge in [0.2, 0.25) is 0 Å². The molecule has 1 unspecified atom stereocenters. The maximum absolute atomic E-state index is 13.7. The monoisotopic (exact) mass is 285 g/mol. The number of rotatable bonds is 2. The van der Waals surface area contributed by atoms with E-state index in [0.29, 0.717) is 11.1 Å². The molecule has 20 heavy (non-hydrogen) atoms. The van der Waals surface area contributed by atoms with Crippen LogP contribution in [0.1, 0.15) is 28.3 Å². The molecule has 3 aromatic rings. The first-order valence-corrected chi connectivity index (χ1v) is 7.44.